The number of carbonyl (C=O) groups is 1. The molecule has 1 saturated carbocycles. The molecule has 0 N–H and O–H groups in total. The van der Waals surface area contributed by atoms with E-state index in [1.165, 1.54) is 4.90 Å². The second-order valence-electron chi connectivity index (χ2n) is 7.29. The van der Waals surface area contributed by atoms with Crippen molar-refractivity contribution in [2.75, 3.05) is 13.1 Å². The summed E-state index contributed by atoms with van der Waals surface area (Å²) in [5.74, 6) is -2.22. The molecular formula is C15H25F2NO. The van der Waals surface area contributed by atoms with Crippen molar-refractivity contribution >= 4 is 5.91 Å². The summed E-state index contributed by atoms with van der Waals surface area (Å²) >= 11 is 0. The van der Waals surface area contributed by atoms with Gasteiger partial charge in [-0.25, -0.2) is 8.78 Å². The van der Waals surface area contributed by atoms with Gasteiger partial charge in [-0.2, -0.15) is 0 Å². The van der Waals surface area contributed by atoms with Crippen LogP contribution in [-0.2, 0) is 4.79 Å². The van der Waals surface area contributed by atoms with Crippen LogP contribution in [0, 0.1) is 17.3 Å². The number of alkyl halides is 2. The standard InChI is InChI=1S/C15H25F2NO/c1-14(2,3)12-6-4-5-11(9-12)13(19)18-8-7-15(16,17)10-18/h11-12H,4-10H2,1-3H3. The number of hydrogen-bond donors (Lipinski definition) is 0. The summed E-state index contributed by atoms with van der Waals surface area (Å²) in [6.07, 6.45) is 3.76. The third-order valence-corrected chi connectivity index (χ3v) is 4.73. The van der Waals surface area contributed by atoms with Crippen molar-refractivity contribution in [3.05, 3.63) is 0 Å². The van der Waals surface area contributed by atoms with Crippen molar-refractivity contribution in [3.63, 3.8) is 0 Å². The first kappa shape index (κ1) is 14.7. The monoisotopic (exact) mass is 273 g/mol. The second kappa shape index (κ2) is 5.02. The maximum absolute atomic E-state index is 13.2. The Morgan fingerprint density at radius 2 is 1.95 bits per heavy atom. The van der Waals surface area contributed by atoms with Crippen molar-refractivity contribution < 1.29 is 13.6 Å². The molecule has 0 aromatic rings. The molecule has 0 radical (unpaired) electrons. The molecule has 110 valence electrons. The average Bonchev–Trinajstić information content (AvgIpc) is 2.68. The smallest absolute Gasteiger partial charge is 0.267 e. The third kappa shape index (κ3) is 3.46. The fraction of sp³-hybridized carbons (Fsp3) is 0.933. The first-order valence-corrected chi connectivity index (χ1v) is 7.36. The molecular weight excluding hydrogens is 248 g/mol. The summed E-state index contributed by atoms with van der Waals surface area (Å²) in [5.41, 5.74) is 0.202. The Bertz CT molecular complexity index is 349. The Morgan fingerprint density at radius 3 is 2.47 bits per heavy atom. The third-order valence-electron chi connectivity index (χ3n) is 4.73. The van der Waals surface area contributed by atoms with Crippen LogP contribution in [0.1, 0.15) is 52.9 Å². The molecule has 2 aliphatic rings. The lowest BCUT2D eigenvalue weighted by Crippen LogP contribution is -2.39. The van der Waals surface area contributed by atoms with Gasteiger partial charge in [0, 0.05) is 18.9 Å². The van der Waals surface area contributed by atoms with Gasteiger partial charge in [0.1, 0.15) is 0 Å². The summed E-state index contributed by atoms with van der Waals surface area (Å²) in [6, 6.07) is 0. The van der Waals surface area contributed by atoms with E-state index in [1.54, 1.807) is 0 Å². The zero-order valence-electron chi connectivity index (χ0n) is 12.2. The molecule has 0 spiro atoms. The van der Waals surface area contributed by atoms with Gasteiger partial charge in [0.05, 0.1) is 6.54 Å². The molecule has 1 saturated heterocycles. The molecule has 0 bridgehead atoms. The van der Waals surface area contributed by atoms with E-state index in [0.717, 1.165) is 25.7 Å². The minimum Gasteiger partial charge on any atom is -0.336 e. The van der Waals surface area contributed by atoms with Crippen LogP contribution >= 0.6 is 0 Å². The molecule has 1 aliphatic heterocycles. The zero-order valence-corrected chi connectivity index (χ0v) is 12.2. The van der Waals surface area contributed by atoms with Crippen LogP contribution in [0.4, 0.5) is 8.78 Å². The number of nitrogens with zero attached hydrogens (tertiary/aromatic N) is 1. The van der Waals surface area contributed by atoms with Gasteiger partial charge >= 0.3 is 0 Å². The predicted octanol–water partition coefficient (Wildman–Crippen LogP) is 3.71. The number of likely N-dealkylation sites (tertiary alicyclic amines) is 1. The molecule has 19 heavy (non-hydrogen) atoms. The van der Waals surface area contributed by atoms with Crippen molar-refractivity contribution in [2.24, 2.45) is 17.3 Å². The Balaban J connectivity index is 1.96. The lowest BCUT2D eigenvalue weighted by Gasteiger charge is -2.38. The number of rotatable bonds is 1. The van der Waals surface area contributed by atoms with Crippen molar-refractivity contribution in [1.82, 2.24) is 4.90 Å². The Kier molecular flexibility index (Phi) is 3.90. The Labute approximate surface area is 114 Å². The van der Waals surface area contributed by atoms with Gasteiger partial charge in [-0.15, -0.1) is 0 Å². The highest BCUT2D eigenvalue weighted by molar-refractivity contribution is 5.79. The fourth-order valence-electron chi connectivity index (χ4n) is 3.38. The maximum atomic E-state index is 13.2. The van der Waals surface area contributed by atoms with Crippen molar-refractivity contribution in [1.29, 1.82) is 0 Å². The summed E-state index contributed by atoms with van der Waals surface area (Å²) in [6.45, 7) is 6.46. The second-order valence-corrected chi connectivity index (χ2v) is 7.29. The first-order chi connectivity index (χ1) is 8.69. The van der Waals surface area contributed by atoms with E-state index in [1.807, 2.05) is 0 Å². The number of halogens is 2. The average molecular weight is 273 g/mol. The molecule has 1 heterocycles. The molecule has 0 aromatic heterocycles. The van der Waals surface area contributed by atoms with Gasteiger partial charge in [-0.1, -0.05) is 27.2 Å². The molecule has 2 unspecified atom stereocenters. The van der Waals surface area contributed by atoms with Gasteiger partial charge < -0.3 is 4.90 Å². The van der Waals surface area contributed by atoms with E-state index in [0.29, 0.717) is 5.92 Å². The van der Waals surface area contributed by atoms with Crippen molar-refractivity contribution in [2.45, 2.75) is 58.8 Å². The highest BCUT2D eigenvalue weighted by Gasteiger charge is 2.43. The minimum atomic E-state index is -2.67. The van der Waals surface area contributed by atoms with Crippen LogP contribution in [0.15, 0.2) is 0 Å². The van der Waals surface area contributed by atoms with E-state index in [4.69, 9.17) is 0 Å². The molecule has 2 fully saturated rings. The largest absolute Gasteiger partial charge is 0.336 e. The molecule has 2 rings (SSSR count). The van der Waals surface area contributed by atoms with Gasteiger partial charge in [0.15, 0.2) is 0 Å². The number of carbonyl (C=O) groups excluding carboxylic acids is 1. The Morgan fingerprint density at radius 1 is 1.26 bits per heavy atom. The van der Waals surface area contributed by atoms with Gasteiger partial charge in [-0.05, 0) is 30.6 Å². The van der Waals surface area contributed by atoms with E-state index in [9.17, 15) is 13.6 Å². The van der Waals surface area contributed by atoms with Crippen LogP contribution in [-0.4, -0.2) is 29.8 Å². The van der Waals surface area contributed by atoms with Gasteiger partial charge in [0.2, 0.25) is 5.91 Å². The van der Waals surface area contributed by atoms with Gasteiger partial charge in [-0.3, -0.25) is 4.79 Å². The predicted molar refractivity (Wildman–Crippen MR) is 71.0 cm³/mol. The van der Waals surface area contributed by atoms with Crippen molar-refractivity contribution in [3.8, 4) is 0 Å². The first-order valence-electron chi connectivity index (χ1n) is 7.36. The molecule has 2 nitrogen and oxygen atoms in total. The molecule has 4 heteroatoms. The summed E-state index contributed by atoms with van der Waals surface area (Å²) in [4.78, 5) is 13.7. The summed E-state index contributed by atoms with van der Waals surface area (Å²) in [7, 11) is 0. The molecule has 0 aromatic carbocycles. The topological polar surface area (TPSA) is 20.3 Å². The van der Waals surface area contributed by atoms with E-state index in [2.05, 4.69) is 20.8 Å². The summed E-state index contributed by atoms with van der Waals surface area (Å²) < 4.78 is 26.4. The lowest BCUT2D eigenvalue weighted by atomic mass is 9.69. The van der Waals surface area contributed by atoms with E-state index >= 15 is 0 Å². The van der Waals surface area contributed by atoms with E-state index in [-0.39, 0.29) is 36.8 Å². The van der Waals surface area contributed by atoms with Gasteiger partial charge in [0.25, 0.3) is 5.92 Å². The SMILES string of the molecule is CC(C)(C)C1CCCC(C(=O)N2CCC(F)(F)C2)C1. The fourth-order valence-corrected chi connectivity index (χ4v) is 3.38. The normalized spacial score (nSPS) is 31.5. The maximum Gasteiger partial charge on any atom is 0.267 e. The number of amides is 1. The summed E-state index contributed by atoms with van der Waals surface area (Å²) in [5, 5.41) is 0. The highest BCUT2D eigenvalue weighted by Crippen LogP contribution is 2.41. The zero-order chi connectivity index (χ0) is 14.3. The lowest BCUT2D eigenvalue weighted by molar-refractivity contribution is -0.138. The molecule has 2 atom stereocenters. The molecule has 1 amide bonds. The minimum absolute atomic E-state index is 0.0353. The number of hydrogen-bond acceptors (Lipinski definition) is 1. The molecule has 1 aliphatic carbocycles. The van der Waals surface area contributed by atoms with E-state index < -0.39 is 5.92 Å². The van der Waals surface area contributed by atoms with Crippen LogP contribution in [0.2, 0.25) is 0 Å². The quantitative estimate of drug-likeness (QED) is 0.713. The van der Waals surface area contributed by atoms with Crippen LogP contribution < -0.4 is 0 Å². The Hall–Kier alpha value is -0.670. The highest BCUT2D eigenvalue weighted by atomic mass is 19.3. The van der Waals surface area contributed by atoms with Crippen LogP contribution in [0.25, 0.3) is 0 Å². The van der Waals surface area contributed by atoms with Crippen LogP contribution in [0.3, 0.4) is 0 Å². The van der Waals surface area contributed by atoms with Crippen LogP contribution in [0.5, 0.6) is 0 Å².